The van der Waals surface area contributed by atoms with Gasteiger partial charge in [0.2, 0.25) is 0 Å². The second-order valence-electron chi connectivity index (χ2n) is 5.53. The maximum Gasteiger partial charge on any atom is 0.337 e. The zero-order valence-electron chi connectivity index (χ0n) is 11.7. The Morgan fingerprint density at radius 3 is 2.62 bits per heavy atom. The van der Waals surface area contributed by atoms with Gasteiger partial charge < -0.3 is 10.1 Å². The number of hydrogen-bond donors (Lipinski definition) is 2. The predicted molar refractivity (Wildman–Crippen MR) is 77.9 cm³/mol. The topological polar surface area (TPSA) is 92.2 Å². The molecule has 21 heavy (non-hydrogen) atoms. The van der Waals surface area contributed by atoms with Crippen molar-refractivity contribution in [3.8, 4) is 0 Å². The van der Waals surface area contributed by atoms with Gasteiger partial charge in [-0.15, -0.1) is 0 Å². The zero-order chi connectivity index (χ0) is 15.2. The molecular formula is C15H16N2O4. The number of nitrogens with zero attached hydrogens (tertiary/aromatic N) is 1. The van der Waals surface area contributed by atoms with Crippen LogP contribution in [0.5, 0.6) is 0 Å². The number of hydrogen-bond acceptors (Lipinski definition) is 3. The van der Waals surface area contributed by atoms with Crippen molar-refractivity contribution < 1.29 is 9.90 Å². The molecular weight excluding hydrogens is 272 g/mol. The van der Waals surface area contributed by atoms with E-state index in [4.69, 9.17) is 0 Å². The van der Waals surface area contributed by atoms with Gasteiger partial charge in [-0.25, -0.2) is 4.79 Å². The monoisotopic (exact) mass is 288 g/mol. The van der Waals surface area contributed by atoms with Gasteiger partial charge in [0.1, 0.15) is 0 Å². The van der Waals surface area contributed by atoms with Gasteiger partial charge >= 0.3 is 17.1 Å². The number of H-pyrrole nitrogens is 1. The van der Waals surface area contributed by atoms with Gasteiger partial charge in [-0.3, -0.25) is 14.2 Å². The van der Waals surface area contributed by atoms with Crippen LogP contribution >= 0.6 is 0 Å². The number of carboxylic acid groups (broad SMARTS) is 1. The number of benzene rings is 1. The number of nitrogens with one attached hydrogen (secondary N) is 1. The number of carboxylic acids is 1. The largest absolute Gasteiger partial charge is 0.478 e. The quantitative estimate of drug-likeness (QED) is 0.840. The molecule has 0 aliphatic heterocycles. The lowest BCUT2D eigenvalue weighted by molar-refractivity contribution is 0.0698. The molecule has 1 fully saturated rings. The molecule has 0 bridgehead atoms. The van der Waals surface area contributed by atoms with Crippen molar-refractivity contribution in [2.75, 3.05) is 0 Å². The second kappa shape index (κ2) is 4.58. The Kier molecular flexibility index (Phi) is 2.97. The van der Waals surface area contributed by atoms with E-state index < -0.39 is 17.1 Å². The van der Waals surface area contributed by atoms with Crippen LogP contribution in [0.3, 0.4) is 0 Å². The van der Waals surface area contributed by atoms with Gasteiger partial charge in [-0.05, 0) is 37.8 Å². The fourth-order valence-electron chi connectivity index (χ4n) is 3.21. The third-order valence-corrected chi connectivity index (χ3v) is 4.57. The second-order valence-corrected chi connectivity index (χ2v) is 5.53. The maximum absolute atomic E-state index is 12.3. The van der Waals surface area contributed by atoms with Crippen LogP contribution in [-0.4, -0.2) is 20.6 Å². The fourth-order valence-corrected chi connectivity index (χ4v) is 3.21. The summed E-state index contributed by atoms with van der Waals surface area (Å²) in [5.74, 6) is -1.12. The van der Waals surface area contributed by atoms with E-state index >= 15 is 0 Å². The lowest BCUT2D eigenvalue weighted by Crippen LogP contribution is -2.50. The van der Waals surface area contributed by atoms with Crippen LogP contribution in [0.1, 0.15) is 43.0 Å². The first-order valence-corrected chi connectivity index (χ1v) is 7.02. The standard InChI is InChI=1S/C15H16N2O4/c1-2-15(7-4-8-15)17-10-6-3-5-9(14(20)21)11(10)16-12(18)13(17)19/h3,5-6H,2,4,7-8H2,1H3,(H,16,18)(H,20,21). The van der Waals surface area contributed by atoms with Crippen LogP contribution in [0, 0.1) is 0 Å². The molecule has 0 radical (unpaired) electrons. The molecule has 1 aromatic heterocycles. The molecule has 0 spiro atoms. The van der Waals surface area contributed by atoms with E-state index in [1.54, 1.807) is 12.1 Å². The molecule has 110 valence electrons. The molecule has 0 amide bonds. The molecule has 2 aromatic rings. The molecule has 3 rings (SSSR count). The molecule has 1 saturated carbocycles. The molecule has 0 saturated heterocycles. The van der Waals surface area contributed by atoms with Crippen LogP contribution in [-0.2, 0) is 5.54 Å². The Morgan fingerprint density at radius 1 is 1.38 bits per heavy atom. The average Bonchev–Trinajstić information content (AvgIpc) is 2.41. The van der Waals surface area contributed by atoms with Gasteiger partial charge in [0, 0.05) is 5.54 Å². The highest BCUT2D eigenvalue weighted by molar-refractivity contribution is 6.00. The first-order valence-electron chi connectivity index (χ1n) is 7.02. The average molecular weight is 288 g/mol. The van der Waals surface area contributed by atoms with Gasteiger partial charge in [0.15, 0.2) is 0 Å². The first-order chi connectivity index (χ1) is 10.00. The third-order valence-electron chi connectivity index (χ3n) is 4.57. The summed E-state index contributed by atoms with van der Waals surface area (Å²) in [5.41, 5.74) is -1.03. The molecule has 2 N–H and O–H groups in total. The van der Waals surface area contributed by atoms with E-state index in [9.17, 15) is 19.5 Å². The van der Waals surface area contributed by atoms with Crippen molar-refractivity contribution in [1.29, 1.82) is 0 Å². The van der Waals surface area contributed by atoms with E-state index in [-0.39, 0.29) is 16.6 Å². The Bertz CT molecular complexity index is 837. The molecule has 1 aromatic carbocycles. The summed E-state index contributed by atoms with van der Waals surface area (Å²) in [6, 6.07) is 4.71. The zero-order valence-corrected chi connectivity index (χ0v) is 11.7. The molecule has 1 aliphatic rings. The number of rotatable bonds is 3. The summed E-state index contributed by atoms with van der Waals surface area (Å²) in [6.45, 7) is 1.99. The van der Waals surface area contributed by atoms with Crippen LogP contribution in [0.2, 0.25) is 0 Å². The van der Waals surface area contributed by atoms with E-state index in [0.717, 1.165) is 25.7 Å². The van der Waals surface area contributed by atoms with Crippen LogP contribution in [0.4, 0.5) is 0 Å². The highest BCUT2D eigenvalue weighted by atomic mass is 16.4. The number of aromatic amines is 1. The molecule has 0 unspecified atom stereocenters. The first kappa shape index (κ1) is 13.6. The number of aromatic carboxylic acids is 1. The summed E-state index contributed by atoms with van der Waals surface area (Å²) in [7, 11) is 0. The minimum absolute atomic E-state index is 0.00364. The number of carbonyl (C=O) groups is 1. The normalized spacial score (nSPS) is 16.6. The predicted octanol–water partition coefficient (Wildman–Crippen LogP) is 1.68. The van der Waals surface area contributed by atoms with Crippen molar-refractivity contribution in [2.24, 2.45) is 0 Å². The van der Waals surface area contributed by atoms with Crippen molar-refractivity contribution in [3.63, 3.8) is 0 Å². The van der Waals surface area contributed by atoms with Gasteiger partial charge in [0.05, 0.1) is 16.6 Å². The van der Waals surface area contributed by atoms with Gasteiger partial charge in [-0.1, -0.05) is 13.0 Å². The third kappa shape index (κ3) is 1.82. The summed E-state index contributed by atoms with van der Waals surface area (Å²) in [4.78, 5) is 38.0. The van der Waals surface area contributed by atoms with Crippen LogP contribution in [0.15, 0.2) is 27.8 Å². The molecule has 1 heterocycles. The molecule has 0 atom stereocenters. The minimum atomic E-state index is -1.12. The van der Waals surface area contributed by atoms with Gasteiger partial charge in [0.25, 0.3) is 0 Å². The van der Waals surface area contributed by atoms with Crippen molar-refractivity contribution >= 4 is 17.0 Å². The van der Waals surface area contributed by atoms with Crippen LogP contribution < -0.4 is 11.1 Å². The minimum Gasteiger partial charge on any atom is -0.478 e. The lowest BCUT2D eigenvalue weighted by Gasteiger charge is -2.43. The highest BCUT2D eigenvalue weighted by Gasteiger charge is 2.39. The summed E-state index contributed by atoms with van der Waals surface area (Å²) in [6.07, 6.45) is 3.41. The number of fused-ring (bicyclic) bond motifs is 1. The Morgan fingerprint density at radius 2 is 2.10 bits per heavy atom. The Hall–Kier alpha value is -2.37. The Labute approximate surface area is 120 Å². The van der Waals surface area contributed by atoms with E-state index in [0.29, 0.717) is 5.52 Å². The highest BCUT2D eigenvalue weighted by Crippen LogP contribution is 2.42. The number of aromatic nitrogens is 2. The maximum atomic E-state index is 12.3. The van der Waals surface area contributed by atoms with Crippen molar-refractivity contribution in [2.45, 2.75) is 38.1 Å². The Balaban J connectivity index is 2.47. The summed E-state index contributed by atoms with van der Waals surface area (Å²) < 4.78 is 1.51. The van der Waals surface area contributed by atoms with Crippen molar-refractivity contribution in [3.05, 3.63) is 44.5 Å². The van der Waals surface area contributed by atoms with Crippen molar-refractivity contribution in [1.82, 2.24) is 9.55 Å². The van der Waals surface area contributed by atoms with E-state index in [1.165, 1.54) is 10.6 Å². The number of para-hydroxylation sites is 1. The smallest absolute Gasteiger partial charge is 0.337 e. The lowest BCUT2D eigenvalue weighted by atomic mass is 9.74. The van der Waals surface area contributed by atoms with Gasteiger partial charge in [-0.2, -0.15) is 0 Å². The molecule has 6 nitrogen and oxygen atoms in total. The van der Waals surface area contributed by atoms with E-state index in [1.807, 2.05) is 6.92 Å². The SMILES string of the molecule is CCC1(n2c(=O)c(=O)[nH]c3c(C(=O)O)cccc32)CCC1. The molecule has 1 aliphatic carbocycles. The fraction of sp³-hybridized carbons (Fsp3) is 0.400. The van der Waals surface area contributed by atoms with Crippen LogP contribution in [0.25, 0.3) is 11.0 Å². The molecule has 6 heteroatoms. The summed E-state index contributed by atoms with van der Waals surface area (Å²) in [5, 5.41) is 9.26. The van der Waals surface area contributed by atoms with E-state index in [2.05, 4.69) is 4.98 Å². The summed E-state index contributed by atoms with van der Waals surface area (Å²) >= 11 is 0.